The molecule has 5 aliphatic rings. The standard InChI is InChI=1S/C20H20BrNO4/c21-20-8-12-5-13(9-20)7-19(6-12,10-20)18(25)26-11-22-16(23)14-3-1-2-4-15(14)17(22)24/h1-4,12-13H,5-11H2/t12-,13+,19?,20?. The first kappa shape index (κ1) is 16.5. The van der Waals surface area contributed by atoms with E-state index in [1.54, 1.807) is 24.3 Å². The molecule has 4 bridgehead atoms. The Morgan fingerprint density at radius 2 is 1.65 bits per heavy atom. The molecule has 0 spiro atoms. The summed E-state index contributed by atoms with van der Waals surface area (Å²) in [5.74, 6) is 0.124. The van der Waals surface area contributed by atoms with Gasteiger partial charge in [0.25, 0.3) is 11.8 Å². The van der Waals surface area contributed by atoms with Crippen molar-refractivity contribution in [1.29, 1.82) is 0 Å². The van der Waals surface area contributed by atoms with Gasteiger partial charge in [-0.15, -0.1) is 0 Å². The molecule has 6 heteroatoms. The number of imide groups is 1. The summed E-state index contributed by atoms with van der Waals surface area (Å²) in [4.78, 5) is 38.9. The largest absolute Gasteiger partial charge is 0.443 e. The number of benzene rings is 1. The molecule has 2 amide bonds. The predicted octanol–water partition coefficient (Wildman–Crippen LogP) is 3.52. The molecule has 1 aromatic rings. The summed E-state index contributed by atoms with van der Waals surface area (Å²) in [6.07, 6.45) is 6.03. The van der Waals surface area contributed by atoms with E-state index in [1.807, 2.05) is 0 Å². The summed E-state index contributed by atoms with van der Waals surface area (Å²) in [6, 6.07) is 6.71. The van der Waals surface area contributed by atoms with Gasteiger partial charge in [0.05, 0.1) is 16.5 Å². The number of ether oxygens (including phenoxy) is 1. The summed E-state index contributed by atoms with van der Waals surface area (Å²) in [6.45, 7) is -0.294. The molecular formula is C20H20BrNO4. The van der Waals surface area contributed by atoms with Crippen LogP contribution < -0.4 is 0 Å². The second-order valence-corrected chi connectivity index (χ2v) is 10.2. The Kier molecular flexibility index (Phi) is 3.43. The number of halogens is 1. The molecular weight excluding hydrogens is 398 g/mol. The first-order chi connectivity index (χ1) is 12.4. The Hall–Kier alpha value is -1.69. The van der Waals surface area contributed by atoms with Gasteiger partial charge in [0.15, 0.2) is 6.73 Å². The smallest absolute Gasteiger partial charge is 0.313 e. The van der Waals surface area contributed by atoms with Crippen LogP contribution in [-0.4, -0.2) is 33.7 Å². The van der Waals surface area contributed by atoms with Gasteiger partial charge in [-0.1, -0.05) is 28.1 Å². The van der Waals surface area contributed by atoms with E-state index in [0.29, 0.717) is 23.0 Å². The molecule has 26 heavy (non-hydrogen) atoms. The fourth-order valence-electron chi connectivity index (χ4n) is 6.02. The Balaban J connectivity index is 1.32. The lowest BCUT2D eigenvalue weighted by Crippen LogP contribution is -2.56. The summed E-state index contributed by atoms with van der Waals surface area (Å²) in [5.41, 5.74) is 0.303. The Morgan fingerprint density at radius 1 is 1.08 bits per heavy atom. The second-order valence-electron chi connectivity index (χ2n) is 8.54. The van der Waals surface area contributed by atoms with Crippen molar-refractivity contribution < 1.29 is 19.1 Å². The van der Waals surface area contributed by atoms with Crippen LogP contribution in [0.5, 0.6) is 0 Å². The van der Waals surface area contributed by atoms with Crippen LogP contribution in [0.4, 0.5) is 0 Å². The zero-order valence-corrected chi connectivity index (χ0v) is 16.0. The summed E-state index contributed by atoms with van der Waals surface area (Å²) >= 11 is 3.89. The highest BCUT2D eigenvalue weighted by atomic mass is 79.9. The van der Waals surface area contributed by atoms with Crippen LogP contribution in [-0.2, 0) is 9.53 Å². The van der Waals surface area contributed by atoms with E-state index in [9.17, 15) is 14.4 Å². The second kappa shape index (κ2) is 5.41. The first-order valence-electron chi connectivity index (χ1n) is 9.21. The lowest BCUT2D eigenvalue weighted by molar-refractivity contribution is -0.172. The number of hydrogen-bond acceptors (Lipinski definition) is 4. The molecule has 0 saturated heterocycles. The average molecular weight is 418 g/mol. The van der Waals surface area contributed by atoms with E-state index in [0.717, 1.165) is 37.0 Å². The fraction of sp³-hybridized carbons (Fsp3) is 0.550. The van der Waals surface area contributed by atoms with Crippen molar-refractivity contribution in [2.75, 3.05) is 6.73 Å². The van der Waals surface area contributed by atoms with Crippen LogP contribution in [0.2, 0.25) is 0 Å². The molecule has 1 heterocycles. The molecule has 2 unspecified atom stereocenters. The maximum Gasteiger partial charge on any atom is 0.313 e. The van der Waals surface area contributed by atoms with Crippen molar-refractivity contribution in [2.45, 2.75) is 42.8 Å². The van der Waals surface area contributed by atoms with E-state index in [1.165, 1.54) is 6.42 Å². The molecule has 5 nitrogen and oxygen atoms in total. The molecule has 4 saturated carbocycles. The third kappa shape index (κ3) is 2.30. The Bertz CT molecular complexity index is 786. The van der Waals surface area contributed by atoms with Crippen LogP contribution >= 0.6 is 15.9 Å². The van der Waals surface area contributed by atoms with Crippen molar-refractivity contribution >= 4 is 33.7 Å². The molecule has 0 aromatic heterocycles. The van der Waals surface area contributed by atoms with Gasteiger partial charge >= 0.3 is 5.97 Å². The highest BCUT2D eigenvalue weighted by molar-refractivity contribution is 9.10. The van der Waals surface area contributed by atoms with Crippen LogP contribution in [0, 0.1) is 17.3 Å². The molecule has 6 rings (SSSR count). The van der Waals surface area contributed by atoms with Gasteiger partial charge in [-0.05, 0) is 62.5 Å². The molecule has 1 aliphatic heterocycles. The minimum atomic E-state index is -0.452. The number of nitrogens with zero attached hydrogens (tertiary/aromatic N) is 1. The summed E-state index contributed by atoms with van der Waals surface area (Å²) in [5, 5.41) is 0. The molecule has 4 atom stereocenters. The maximum absolute atomic E-state index is 13.0. The monoisotopic (exact) mass is 417 g/mol. The molecule has 1 aromatic carbocycles. The Morgan fingerprint density at radius 3 is 2.19 bits per heavy atom. The van der Waals surface area contributed by atoms with Gasteiger partial charge in [-0.3, -0.25) is 14.4 Å². The molecule has 4 fully saturated rings. The van der Waals surface area contributed by atoms with Crippen LogP contribution in [0.3, 0.4) is 0 Å². The summed E-state index contributed by atoms with van der Waals surface area (Å²) in [7, 11) is 0. The summed E-state index contributed by atoms with van der Waals surface area (Å²) < 4.78 is 5.61. The van der Waals surface area contributed by atoms with Crippen LogP contribution in [0.1, 0.15) is 59.2 Å². The highest BCUT2D eigenvalue weighted by Crippen LogP contribution is 2.64. The number of carbonyl (C=O) groups is 3. The minimum absolute atomic E-state index is 0.0611. The van der Waals surface area contributed by atoms with Gasteiger partial charge in [0.2, 0.25) is 0 Å². The van der Waals surface area contributed by atoms with Gasteiger partial charge in [0.1, 0.15) is 0 Å². The van der Waals surface area contributed by atoms with Crippen molar-refractivity contribution in [3.63, 3.8) is 0 Å². The van der Waals surface area contributed by atoms with E-state index in [-0.39, 0.29) is 28.8 Å². The zero-order chi connectivity index (χ0) is 18.1. The van der Waals surface area contributed by atoms with Gasteiger partial charge in [-0.2, -0.15) is 0 Å². The number of rotatable bonds is 3. The fourth-order valence-corrected chi connectivity index (χ4v) is 7.47. The SMILES string of the molecule is O=C1c2ccccc2C(=O)N1COC(=O)C12C[C@@H]3C[C@@H](CC(Br)(C3)C1)C2. The number of carbonyl (C=O) groups excluding carboxylic acids is 3. The van der Waals surface area contributed by atoms with E-state index >= 15 is 0 Å². The third-order valence-electron chi connectivity index (χ3n) is 6.63. The Labute approximate surface area is 160 Å². The van der Waals surface area contributed by atoms with E-state index < -0.39 is 5.41 Å². The van der Waals surface area contributed by atoms with Crippen LogP contribution in [0.25, 0.3) is 0 Å². The lowest BCUT2D eigenvalue weighted by atomic mass is 9.49. The van der Waals surface area contributed by atoms with Gasteiger partial charge in [-0.25, -0.2) is 4.90 Å². The maximum atomic E-state index is 13.0. The number of fused-ring (bicyclic) bond motifs is 1. The number of alkyl halides is 1. The van der Waals surface area contributed by atoms with E-state index in [2.05, 4.69) is 15.9 Å². The van der Waals surface area contributed by atoms with Gasteiger partial charge < -0.3 is 4.74 Å². The molecule has 4 aliphatic carbocycles. The number of amides is 2. The van der Waals surface area contributed by atoms with Gasteiger partial charge in [0, 0.05) is 4.32 Å². The predicted molar refractivity (Wildman–Crippen MR) is 96.7 cm³/mol. The minimum Gasteiger partial charge on any atom is -0.443 e. The molecule has 0 radical (unpaired) electrons. The van der Waals surface area contributed by atoms with Crippen molar-refractivity contribution in [2.24, 2.45) is 17.3 Å². The first-order valence-corrected chi connectivity index (χ1v) is 10.00. The van der Waals surface area contributed by atoms with E-state index in [4.69, 9.17) is 4.74 Å². The van der Waals surface area contributed by atoms with Crippen molar-refractivity contribution in [3.05, 3.63) is 35.4 Å². The quantitative estimate of drug-likeness (QED) is 0.428. The number of esters is 1. The molecule has 136 valence electrons. The van der Waals surface area contributed by atoms with Crippen molar-refractivity contribution in [3.8, 4) is 0 Å². The van der Waals surface area contributed by atoms with Crippen molar-refractivity contribution in [1.82, 2.24) is 4.90 Å². The third-order valence-corrected chi connectivity index (χ3v) is 7.55. The van der Waals surface area contributed by atoms with Crippen LogP contribution in [0.15, 0.2) is 24.3 Å². The topological polar surface area (TPSA) is 63.7 Å². The zero-order valence-electron chi connectivity index (χ0n) is 14.4. The lowest BCUT2D eigenvalue weighted by Gasteiger charge is -2.58. The number of hydrogen-bond donors (Lipinski definition) is 0. The average Bonchev–Trinajstić information content (AvgIpc) is 2.82. The highest BCUT2D eigenvalue weighted by Gasteiger charge is 2.60. The molecule has 0 N–H and O–H groups in total. The normalized spacial score (nSPS) is 37.2.